The number of thiophene rings is 1. The number of aromatic nitrogens is 2. The van der Waals surface area contributed by atoms with Crippen LogP contribution >= 0.6 is 11.3 Å². The molecule has 4 heterocycles. The zero-order chi connectivity index (χ0) is 23.2. The van der Waals surface area contributed by atoms with Gasteiger partial charge in [0.1, 0.15) is 17.0 Å². The van der Waals surface area contributed by atoms with Crippen molar-refractivity contribution in [1.82, 2.24) is 14.9 Å². The van der Waals surface area contributed by atoms with Crippen molar-refractivity contribution < 1.29 is 18.0 Å². The maximum atomic E-state index is 12.9. The van der Waals surface area contributed by atoms with Gasteiger partial charge in [0.05, 0.1) is 11.8 Å². The van der Waals surface area contributed by atoms with Crippen molar-refractivity contribution in [3.8, 4) is 0 Å². The van der Waals surface area contributed by atoms with Gasteiger partial charge in [-0.3, -0.25) is 9.69 Å². The summed E-state index contributed by atoms with van der Waals surface area (Å²) >= 11 is 1.09. The first-order valence-electron chi connectivity index (χ1n) is 10.9. The van der Waals surface area contributed by atoms with E-state index in [-0.39, 0.29) is 10.3 Å². The Balaban J connectivity index is 1.28. The number of amides is 1. The monoisotopic (exact) mass is 475 g/mol. The van der Waals surface area contributed by atoms with Gasteiger partial charge in [0.25, 0.3) is 0 Å². The van der Waals surface area contributed by atoms with Crippen LogP contribution in [0, 0.1) is 5.41 Å². The summed E-state index contributed by atoms with van der Waals surface area (Å²) in [6.45, 7) is 4.42. The fourth-order valence-electron chi connectivity index (χ4n) is 5.07. The second-order valence-corrected chi connectivity index (χ2v) is 10.2. The molecule has 174 valence electrons. The van der Waals surface area contributed by atoms with Crippen LogP contribution in [0.2, 0.25) is 0 Å². The van der Waals surface area contributed by atoms with Gasteiger partial charge in [-0.25, -0.2) is 9.97 Å². The lowest BCUT2D eigenvalue weighted by molar-refractivity contribution is -0.126. The van der Waals surface area contributed by atoms with Gasteiger partial charge in [0.2, 0.25) is 5.91 Å². The lowest BCUT2D eigenvalue weighted by Gasteiger charge is -2.25. The average molecular weight is 476 g/mol. The van der Waals surface area contributed by atoms with Crippen LogP contribution in [0.25, 0.3) is 10.2 Å². The Hall–Kier alpha value is -2.72. The fraction of sp³-hybridized carbons (Fsp3) is 0.435. The summed E-state index contributed by atoms with van der Waals surface area (Å²) in [6.07, 6.45) is -1.63. The molecule has 10 heteroatoms. The van der Waals surface area contributed by atoms with E-state index in [9.17, 15) is 18.0 Å². The number of rotatable bonds is 5. The van der Waals surface area contributed by atoms with Crippen LogP contribution in [-0.2, 0) is 13.0 Å². The lowest BCUT2D eigenvalue weighted by atomic mass is 9.86. The molecule has 2 aromatic heterocycles. The van der Waals surface area contributed by atoms with Crippen LogP contribution < -0.4 is 10.6 Å². The summed E-state index contributed by atoms with van der Waals surface area (Å²) in [4.78, 5) is 25.4. The number of alkyl halides is 3. The SMILES string of the molecule is NC(=O)c1ccc(CN2CCC3(CCN(c4ncnc5sc(CC(F)(F)F)cc45)C3)C2)cc1. The van der Waals surface area contributed by atoms with Gasteiger partial charge in [-0.1, -0.05) is 12.1 Å². The molecule has 1 unspecified atom stereocenters. The zero-order valence-electron chi connectivity index (χ0n) is 17.9. The maximum absolute atomic E-state index is 12.9. The molecular weight excluding hydrogens is 451 g/mol. The largest absolute Gasteiger partial charge is 0.393 e. The van der Waals surface area contributed by atoms with Gasteiger partial charge in [-0.2, -0.15) is 13.2 Å². The van der Waals surface area contributed by atoms with Crippen molar-refractivity contribution in [2.24, 2.45) is 11.1 Å². The minimum atomic E-state index is -4.24. The third-order valence-electron chi connectivity index (χ3n) is 6.63. The van der Waals surface area contributed by atoms with Crippen molar-refractivity contribution in [2.75, 3.05) is 31.1 Å². The quantitative estimate of drug-likeness (QED) is 0.604. The number of hydrogen-bond acceptors (Lipinski definition) is 6. The molecule has 6 nitrogen and oxygen atoms in total. The second-order valence-electron chi connectivity index (χ2n) is 9.11. The average Bonchev–Trinajstić information content (AvgIpc) is 3.45. The van der Waals surface area contributed by atoms with Crippen molar-refractivity contribution in [3.05, 3.63) is 52.7 Å². The van der Waals surface area contributed by atoms with Gasteiger partial charge in [0, 0.05) is 42.0 Å². The number of halogens is 3. The Morgan fingerprint density at radius 3 is 2.61 bits per heavy atom. The van der Waals surface area contributed by atoms with E-state index >= 15 is 0 Å². The van der Waals surface area contributed by atoms with E-state index in [0.717, 1.165) is 68.3 Å². The molecule has 0 aliphatic carbocycles. The highest BCUT2D eigenvalue weighted by Crippen LogP contribution is 2.43. The van der Waals surface area contributed by atoms with Crippen molar-refractivity contribution in [3.63, 3.8) is 0 Å². The topological polar surface area (TPSA) is 75.4 Å². The first-order chi connectivity index (χ1) is 15.7. The predicted octanol–water partition coefficient (Wildman–Crippen LogP) is 4.00. The predicted molar refractivity (Wildman–Crippen MR) is 121 cm³/mol. The van der Waals surface area contributed by atoms with Crippen LogP contribution in [0.3, 0.4) is 0 Å². The Labute approximate surface area is 193 Å². The number of carbonyl (C=O) groups is 1. The highest BCUT2D eigenvalue weighted by Gasteiger charge is 2.44. The summed E-state index contributed by atoms with van der Waals surface area (Å²) < 4.78 is 38.6. The standard InChI is InChI=1S/C23H24F3N5OS/c24-23(25,26)10-17-9-18-20(28-14-29-21(18)33-17)31-8-6-22(13-31)5-7-30(12-22)11-15-1-3-16(4-2-15)19(27)32/h1-4,9,14H,5-8,10-13H2,(H2,27,32). The molecule has 2 aliphatic rings. The summed E-state index contributed by atoms with van der Waals surface area (Å²) in [5, 5.41) is 0.711. The Bertz CT molecular complexity index is 1180. The smallest absolute Gasteiger partial charge is 0.366 e. The number of carbonyl (C=O) groups excluding carboxylic acids is 1. The molecule has 0 saturated carbocycles. The highest BCUT2D eigenvalue weighted by molar-refractivity contribution is 7.18. The molecule has 1 atom stereocenters. The molecule has 1 aromatic carbocycles. The van der Waals surface area contributed by atoms with Gasteiger partial charge in [0.15, 0.2) is 0 Å². The first kappa shape index (κ1) is 22.1. The first-order valence-corrected chi connectivity index (χ1v) is 11.7. The summed E-state index contributed by atoms with van der Waals surface area (Å²) in [7, 11) is 0. The molecule has 2 saturated heterocycles. The van der Waals surface area contributed by atoms with Crippen molar-refractivity contribution in [1.29, 1.82) is 0 Å². The number of nitrogens with zero attached hydrogens (tertiary/aromatic N) is 4. The highest BCUT2D eigenvalue weighted by atomic mass is 32.1. The number of primary amides is 1. The molecule has 33 heavy (non-hydrogen) atoms. The van der Waals surface area contributed by atoms with Gasteiger partial charge < -0.3 is 10.6 Å². The Kier molecular flexibility index (Phi) is 5.52. The van der Waals surface area contributed by atoms with Crippen LogP contribution in [0.4, 0.5) is 19.0 Å². The minimum Gasteiger partial charge on any atom is -0.366 e. The summed E-state index contributed by atoms with van der Waals surface area (Å²) in [5.74, 6) is 0.310. The van der Waals surface area contributed by atoms with E-state index in [1.54, 1.807) is 18.2 Å². The molecule has 0 bridgehead atoms. The molecule has 1 amide bonds. The molecule has 3 aromatic rings. The number of anilines is 1. The van der Waals surface area contributed by atoms with Crippen LogP contribution in [0.15, 0.2) is 36.7 Å². The molecule has 5 rings (SSSR count). The number of likely N-dealkylation sites (tertiary alicyclic amines) is 1. The van der Waals surface area contributed by atoms with E-state index in [0.29, 0.717) is 15.8 Å². The number of fused-ring (bicyclic) bond motifs is 1. The third-order valence-corrected chi connectivity index (χ3v) is 7.68. The van der Waals surface area contributed by atoms with Crippen LogP contribution in [0.5, 0.6) is 0 Å². The number of hydrogen-bond donors (Lipinski definition) is 1. The van der Waals surface area contributed by atoms with Gasteiger partial charge in [-0.05, 0) is 43.1 Å². The van der Waals surface area contributed by atoms with Crippen molar-refractivity contribution >= 4 is 33.3 Å². The molecule has 2 aliphatic heterocycles. The van der Waals surface area contributed by atoms with E-state index in [4.69, 9.17) is 5.73 Å². The van der Waals surface area contributed by atoms with Gasteiger partial charge >= 0.3 is 6.18 Å². The molecule has 2 N–H and O–H groups in total. The van der Waals surface area contributed by atoms with Crippen LogP contribution in [-0.4, -0.2) is 53.1 Å². The Morgan fingerprint density at radius 2 is 1.88 bits per heavy atom. The summed E-state index contributed by atoms with van der Waals surface area (Å²) in [6, 6.07) is 9.01. The molecule has 1 spiro atoms. The maximum Gasteiger partial charge on any atom is 0.393 e. The van der Waals surface area contributed by atoms with Crippen LogP contribution in [0.1, 0.15) is 33.6 Å². The fourth-order valence-corrected chi connectivity index (χ4v) is 6.09. The normalized spacial score (nSPS) is 21.5. The van der Waals surface area contributed by atoms with E-state index in [2.05, 4.69) is 19.8 Å². The number of benzene rings is 1. The second kappa shape index (κ2) is 8.25. The van der Waals surface area contributed by atoms with Gasteiger partial charge in [-0.15, -0.1) is 11.3 Å². The molecule has 0 radical (unpaired) electrons. The minimum absolute atomic E-state index is 0.148. The number of nitrogens with two attached hydrogens (primary N) is 1. The molecule has 2 fully saturated rings. The zero-order valence-corrected chi connectivity index (χ0v) is 18.8. The van der Waals surface area contributed by atoms with E-state index < -0.39 is 18.5 Å². The summed E-state index contributed by atoms with van der Waals surface area (Å²) in [5.41, 5.74) is 7.11. The van der Waals surface area contributed by atoms with E-state index in [1.807, 2.05) is 12.1 Å². The molecular formula is C23H24F3N5OS. The van der Waals surface area contributed by atoms with E-state index in [1.165, 1.54) is 6.33 Å². The van der Waals surface area contributed by atoms with Crippen molar-refractivity contribution in [2.45, 2.75) is 32.0 Å². The third kappa shape index (κ3) is 4.67. The lowest BCUT2D eigenvalue weighted by Crippen LogP contribution is -2.31. The Morgan fingerprint density at radius 1 is 1.12 bits per heavy atom.